The molecule has 144 valence electrons. The molecule has 4 rings (SSSR count). The van der Waals surface area contributed by atoms with Gasteiger partial charge in [-0.15, -0.1) is 0 Å². The van der Waals surface area contributed by atoms with Crippen molar-refractivity contribution < 1.29 is 4.74 Å². The van der Waals surface area contributed by atoms with Crippen LogP contribution >= 0.6 is 0 Å². The number of benzene rings is 1. The molecular weight excluding hydrogens is 350 g/mol. The second kappa shape index (κ2) is 6.75. The Morgan fingerprint density at radius 1 is 1.18 bits per heavy atom. The molecule has 0 atom stereocenters. The number of methoxy groups -OCH3 is 1. The second-order valence-electron chi connectivity index (χ2n) is 7.44. The third-order valence-corrected chi connectivity index (χ3v) is 5.75. The van der Waals surface area contributed by atoms with Crippen LogP contribution in [0.3, 0.4) is 0 Å². The maximum Gasteiger partial charge on any atom is 0.122 e. The van der Waals surface area contributed by atoms with Crippen molar-refractivity contribution in [1.82, 2.24) is 9.61 Å². The molecule has 2 N–H and O–H groups in total. The number of aromatic nitrogens is 2. The molecule has 6 heteroatoms. The van der Waals surface area contributed by atoms with E-state index in [4.69, 9.17) is 15.6 Å². The number of hydrogen-bond donors (Lipinski definition) is 1. The molecule has 1 aliphatic rings. The van der Waals surface area contributed by atoms with Gasteiger partial charge in [-0.3, -0.25) is 0 Å². The number of ether oxygens (including phenoxy) is 1. The number of hydrogen-bond acceptors (Lipinski definition) is 5. The summed E-state index contributed by atoms with van der Waals surface area (Å²) in [6, 6.07) is 8.33. The molecule has 28 heavy (non-hydrogen) atoms. The maximum absolute atomic E-state index is 9.83. The normalized spacial score (nSPS) is 13.9. The lowest BCUT2D eigenvalue weighted by atomic mass is 9.98. The van der Waals surface area contributed by atoms with Crippen LogP contribution in [-0.2, 0) is 0 Å². The van der Waals surface area contributed by atoms with Gasteiger partial charge in [0.2, 0.25) is 0 Å². The lowest BCUT2D eigenvalue weighted by Gasteiger charge is -2.20. The van der Waals surface area contributed by atoms with Gasteiger partial charge >= 0.3 is 0 Å². The van der Waals surface area contributed by atoms with E-state index in [9.17, 15) is 5.26 Å². The van der Waals surface area contributed by atoms with Gasteiger partial charge in [0.1, 0.15) is 17.4 Å². The second-order valence-corrected chi connectivity index (χ2v) is 7.44. The first-order valence-corrected chi connectivity index (χ1v) is 9.59. The largest absolute Gasteiger partial charge is 0.496 e. The predicted octanol–water partition coefficient (Wildman–Crippen LogP) is 3.99. The molecule has 1 aliphatic heterocycles. The number of nitriles is 1. The topological polar surface area (TPSA) is 79.6 Å². The van der Waals surface area contributed by atoms with Crippen LogP contribution in [0.15, 0.2) is 18.2 Å². The molecule has 1 aromatic carbocycles. The predicted molar refractivity (Wildman–Crippen MR) is 112 cm³/mol. The van der Waals surface area contributed by atoms with Crippen LogP contribution < -0.4 is 15.4 Å². The van der Waals surface area contributed by atoms with E-state index in [1.165, 1.54) is 12.8 Å². The quantitative estimate of drug-likeness (QED) is 0.749. The van der Waals surface area contributed by atoms with Crippen molar-refractivity contribution in [2.75, 3.05) is 30.8 Å². The summed E-state index contributed by atoms with van der Waals surface area (Å²) in [5.74, 6) is 0.791. The summed E-state index contributed by atoms with van der Waals surface area (Å²) in [5.41, 5.74) is 14.0. The number of rotatable bonds is 3. The van der Waals surface area contributed by atoms with Crippen molar-refractivity contribution >= 4 is 16.9 Å². The molecule has 6 nitrogen and oxygen atoms in total. The SMILES string of the molecule is COc1ccc(C)c(-c2c(N)c(C#N)c3cc(N4CCCC4)c(C)nn23)c1C. The Morgan fingerprint density at radius 3 is 2.54 bits per heavy atom. The van der Waals surface area contributed by atoms with Gasteiger partial charge in [0.15, 0.2) is 0 Å². The first kappa shape index (κ1) is 18.2. The highest BCUT2D eigenvalue weighted by molar-refractivity contribution is 5.91. The zero-order valence-corrected chi connectivity index (χ0v) is 16.8. The monoisotopic (exact) mass is 375 g/mol. The fourth-order valence-electron chi connectivity index (χ4n) is 4.32. The van der Waals surface area contributed by atoms with E-state index in [2.05, 4.69) is 17.0 Å². The summed E-state index contributed by atoms with van der Waals surface area (Å²) in [4.78, 5) is 2.34. The van der Waals surface area contributed by atoms with Crippen LogP contribution in [0.5, 0.6) is 5.75 Å². The van der Waals surface area contributed by atoms with E-state index in [1.807, 2.05) is 37.4 Å². The lowest BCUT2D eigenvalue weighted by Crippen LogP contribution is -2.19. The highest BCUT2D eigenvalue weighted by Crippen LogP contribution is 2.40. The molecule has 0 saturated carbocycles. The van der Waals surface area contributed by atoms with Crippen molar-refractivity contribution in [1.29, 1.82) is 5.26 Å². The van der Waals surface area contributed by atoms with Gasteiger partial charge in [0, 0.05) is 24.2 Å². The van der Waals surface area contributed by atoms with Crippen molar-refractivity contribution in [3.05, 3.63) is 40.6 Å². The summed E-state index contributed by atoms with van der Waals surface area (Å²) in [5, 5.41) is 14.7. The number of aryl methyl sites for hydroxylation is 2. The third-order valence-electron chi connectivity index (χ3n) is 5.75. The van der Waals surface area contributed by atoms with Crippen LogP contribution in [0.1, 0.15) is 35.2 Å². The average Bonchev–Trinajstić information content (AvgIpc) is 3.28. The lowest BCUT2D eigenvalue weighted by molar-refractivity contribution is 0.412. The van der Waals surface area contributed by atoms with Gasteiger partial charge in [-0.25, -0.2) is 4.52 Å². The summed E-state index contributed by atoms with van der Waals surface area (Å²) >= 11 is 0. The van der Waals surface area contributed by atoms with E-state index < -0.39 is 0 Å². The molecule has 3 aromatic rings. The Hall–Kier alpha value is -3.20. The molecule has 1 fully saturated rings. The Bertz CT molecular complexity index is 1120. The van der Waals surface area contributed by atoms with Crippen LogP contribution in [0.25, 0.3) is 16.8 Å². The van der Waals surface area contributed by atoms with E-state index >= 15 is 0 Å². The van der Waals surface area contributed by atoms with Crippen LogP contribution in [0.2, 0.25) is 0 Å². The summed E-state index contributed by atoms with van der Waals surface area (Å²) < 4.78 is 7.35. The van der Waals surface area contributed by atoms with Crippen molar-refractivity contribution in [2.45, 2.75) is 33.6 Å². The fourth-order valence-corrected chi connectivity index (χ4v) is 4.32. The van der Waals surface area contributed by atoms with E-state index in [-0.39, 0.29) is 0 Å². The standard InChI is InChI=1S/C22H25N5O/c1-13-7-8-19(28-4)14(2)20(13)22-21(24)16(12-23)18-11-17(15(3)25-27(18)22)26-9-5-6-10-26/h7-8,11H,5-6,9-10,24H2,1-4H3. The number of nitrogen functional groups attached to an aromatic ring is 1. The van der Waals surface area contributed by atoms with Crippen LogP contribution in [0, 0.1) is 32.1 Å². The first-order chi connectivity index (χ1) is 13.5. The zero-order chi connectivity index (χ0) is 20.0. The Balaban J connectivity index is 2.05. The fraction of sp³-hybridized carbons (Fsp3) is 0.364. The molecular formula is C22H25N5O. The summed E-state index contributed by atoms with van der Waals surface area (Å²) in [7, 11) is 1.66. The Labute approximate surface area is 165 Å². The molecule has 0 amide bonds. The molecule has 0 radical (unpaired) electrons. The van der Waals surface area contributed by atoms with Gasteiger partial charge in [-0.05, 0) is 51.3 Å². The number of anilines is 2. The minimum atomic E-state index is 0.465. The first-order valence-electron chi connectivity index (χ1n) is 9.59. The zero-order valence-electron chi connectivity index (χ0n) is 16.8. The van der Waals surface area contributed by atoms with Crippen LogP contribution in [-0.4, -0.2) is 29.8 Å². The molecule has 0 bridgehead atoms. The molecule has 3 heterocycles. The van der Waals surface area contributed by atoms with E-state index in [0.29, 0.717) is 11.3 Å². The summed E-state index contributed by atoms with van der Waals surface area (Å²) in [6.07, 6.45) is 2.37. The van der Waals surface area contributed by atoms with Crippen molar-refractivity contribution in [3.63, 3.8) is 0 Å². The van der Waals surface area contributed by atoms with Crippen molar-refractivity contribution in [3.8, 4) is 23.1 Å². The molecule has 0 aliphatic carbocycles. The molecule has 2 aromatic heterocycles. The molecule has 0 spiro atoms. The van der Waals surface area contributed by atoms with Crippen LogP contribution in [0.4, 0.5) is 11.4 Å². The van der Waals surface area contributed by atoms with Crippen molar-refractivity contribution in [2.24, 2.45) is 0 Å². The minimum Gasteiger partial charge on any atom is -0.496 e. The van der Waals surface area contributed by atoms with E-state index in [1.54, 1.807) is 7.11 Å². The Morgan fingerprint density at radius 2 is 1.89 bits per heavy atom. The van der Waals surface area contributed by atoms with Gasteiger partial charge in [0.25, 0.3) is 0 Å². The highest BCUT2D eigenvalue weighted by atomic mass is 16.5. The molecule has 1 saturated heterocycles. The summed E-state index contributed by atoms with van der Waals surface area (Å²) in [6.45, 7) is 8.12. The third kappa shape index (κ3) is 2.58. The number of nitrogens with zero attached hydrogens (tertiary/aromatic N) is 4. The minimum absolute atomic E-state index is 0.465. The van der Waals surface area contributed by atoms with Gasteiger partial charge in [0.05, 0.1) is 35.4 Å². The number of nitrogens with two attached hydrogens (primary N) is 1. The van der Waals surface area contributed by atoms with Gasteiger partial charge in [-0.1, -0.05) is 6.07 Å². The Kier molecular flexibility index (Phi) is 4.38. The maximum atomic E-state index is 9.83. The number of fused-ring (bicyclic) bond motifs is 1. The van der Waals surface area contributed by atoms with E-state index in [0.717, 1.165) is 58.1 Å². The van der Waals surface area contributed by atoms with Gasteiger partial charge in [-0.2, -0.15) is 10.4 Å². The van der Waals surface area contributed by atoms with Gasteiger partial charge < -0.3 is 15.4 Å². The smallest absolute Gasteiger partial charge is 0.122 e. The average molecular weight is 375 g/mol. The molecule has 0 unspecified atom stereocenters. The highest BCUT2D eigenvalue weighted by Gasteiger charge is 2.25.